The second kappa shape index (κ2) is 9.96. The van der Waals surface area contributed by atoms with E-state index < -0.39 is 11.5 Å². The van der Waals surface area contributed by atoms with Crippen LogP contribution in [0.2, 0.25) is 5.02 Å². The molecule has 3 heterocycles. The molecule has 0 aliphatic carbocycles. The number of carbonyl (C=O) groups excluding carboxylic acids is 1. The average Bonchev–Trinajstić information content (AvgIpc) is 3.37. The number of esters is 1. The summed E-state index contributed by atoms with van der Waals surface area (Å²) in [5.41, 5.74) is 1.88. The molecule has 2 aromatic carbocycles. The maximum atomic E-state index is 13.8. The van der Waals surface area contributed by atoms with Gasteiger partial charge in [0.1, 0.15) is 28.4 Å². The predicted molar refractivity (Wildman–Crippen MR) is 136 cm³/mol. The summed E-state index contributed by atoms with van der Waals surface area (Å²) in [6.45, 7) is 1.94. The number of halogens is 1. The van der Waals surface area contributed by atoms with Gasteiger partial charge in [-0.2, -0.15) is 0 Å². The lowest BCUT2D eigenvalue weighted by Gasteiger charge is -2.17. The summed E-state index contributed by atoms with van der Waals surface area (Å²) in [5, 5.41) is 1.15. The van der Waals surface area contributed by atoms with Crippen LogP contribution in [0.25, 0.3) is 27.8 Å². The van der Waals surface area contributed by atoms with Crippen LogP contribution < -0.4 is 10.3 Å². The van der Waals surface area contributed by atoms with Crippen molar-refractivity contribution in [1.29, 1.82) is 0 Å². The van der Waals surface area contributed by atoms with Crippen molar-refractivity contribution < 1.29 is 14.3 Å². The molecule has 36 heavy (non-hydrogen) atoms. The van der Waals surface area contributed by atoms with Gasteiger partial charge < -0.3 is 14.5 Å². The first kappa shape index (κ1) is 23.8. The molecule has 0 aliphatic heterocycles. The monoisotopic (exact) mass is 522 g/mol. The Morgan fingerprint density at radius 1 is 1.19 bits per heavy atom. The van der Waals surface area contributed by atoms with E-state index in [1.54, 1.807) is 49.6 Å². The van der Waals surface area contributed by atoms with Gasteiger partial charge in [-0.3, -0.25) is 9.36 Å². The van der Waals surface area contributed by atoms with E-state index in [0.29, 0.717) is 39.0 Å². The fourth-order valence-electron chi connectivity index (χ4n) is 3.77. The zero-order valence-electron chi connectivity index (χ0n) is 19.2. The number of hydrogen-bond donors (Lipinski definition) is 1. The summed E-state index contributed by atoms with van der Waals surface area (Å²) in [6.07, 6.45) is 2.98. The number of rotatable bonds is 7. The molecule has 0 atom stereocenters. The molecular weight excluding hydrogens is 504 g/mol. The quantitative estimate of drug-likeness (QED) is 0.190. The third-order valence-electron chi connectivity index (χ3n) is 5.37. The Labute approximate surface area is 213 Å². The number of aromatic amines is 1. The number of nitrogens with one attached hydrogen (secondary N) is 1. The number of methoxy groups -OCH3 is 1. The molecule has 0 fully saturated rings. The lowest BCUT2D eigenvalue weighted by atomic mass is 10.1. The van der Waals surface area contributed by atoms with Crippen LogP contribution >= 0.6 is 23.4 Å². The molecule has 0 aliphatic rings. The number of aromatic nitrogens is 6. The van der Waals surface area contributed by atoms with Gasteiger partial charge >= 0.3 is 5.97 Å². The minimum Gasteiger partial charge on any atom is -0.495 e. The van der Waals surface area contributed by atoms with Crippen LogP contribution in [0.5, 0.6) is 5.75 Å². The number of benzene rings is 2. The number of nitrogens with zero attached hydrogens (tertiary/aromatic N) is 5. The number of ether oxygens (including phenoxy) is 2. The summed E-state index contributed by atoms with van der Waals surface area (Å²) >= 11 is 7.75. The molecule has 0 amide bonds. The number of fused-ring (bicyclic) bond motifs is 2. The lowest BCUT2D eigenvalue weighted by molar-refractivity contribution is 0.0526. The van der Waals surface area contributed by atoms with Crippen LogP contribution in [-0.2, 0) is 10.5 Å². The molecule has 5 rings (SSSR count). The average molecular weight is 523 g/mol. The van der Waals surface area contributed by atoms with Crippen molar-refractivity contribution in [2.75, 3.05) is 13.7 Å². The van der Waals surface area contributed by atoms with Crippen LogP contribution in [0.1, 0.15) is 23.1 Å². The largest absolute Gasteiger partial charge is 0.495 e. The topological polar surface area (TPSA) is 125 Å². The Bertz CT molecular complexity index is 1670. The molecule has 0 unspecified atom stereocenters. The van der Waals surface area contributed by atoms with Gasteiger partial charge in [-0.1, -0.05) is 29.4 Å². The Kier molecular flexibility index (Phi) is 6.57. The highest BCUT2D eigenvalue weighted by Gasteiger charge is 2.21. The normalized spacial score (nSPS) is 11.2. The molecule has 0 radical (unpaired) electrons. The second-order valence-corrected chi connectivity index (χ2v) is 8.85. The van der Waals surface area contributed by atoms with E-state index >= 15 is 0 Å². The molecule has 1 N–H and O–H groups in total. The van der Waals surface area contributed by atoms with Gasteiger partial charge in [0, 0.05) is 0 Å². The molecule has 12 heteroatoms. The van der Waals surface area contributed by atoms with Gasteiger partial charge in [0.05, 0.1) is 53.0 Å². The first-order chi connectivity index (χ1) is 17.5. The van der Waals surface area contributed by atoms with E-state index in [-0.39, 0.29) is 28.3 Å². The van der Waals surface area contributed by atoms with Crippen LogP contribution in [0.15, 0.2) is 58.9 Å². The molecule has 0 spiro atoms. The zero-order valence-corrected chi connectivity index (χ0v) is 20.8. The van der Waals surface area contributed by atoms with Crippen molar-refractivity contribution in [2.24, 2.45) is 0 Å². The van der Waals surface area contributed by atoms with E-state index in [1.807, 2.05) is 0 Å². The summed E-state index contributed by atoms with van der Waals surface area (Å²) < 4.78 is 12.1. The summed E-state index contributed by atoms with van der Waals surface area (Å²) in [6, 6.07) is 9.83. The zero-order chi connectivity index (χ0) is 25.2. The fraction of sp³-hybridized carbons (Fsp3) is 0.167. The maximum Gasteiger partial charge on any atom is 0.338 e. The minimum atomic E-state index is -0.515. The predicted octanol–water partition coefficient (Wildman–Crippen LogP) is 4.18. The van der Waals surface area contributed by atoms with E-state index in [1.165, 1.54) is 29.8 Å². The van der Waals surface area contributed by atoms with Crippen molar-refractivity contribution in [3.05, 3.63) is 75.8 Å². The van der Waals surface area contributed by atoms with E-state index in [2.05, 4.69) is 19.9 Å². The minimum absolute atomic E-state index is 0.218. The van der Waals surface area contributed by atoms with Gasteiger partial charge in [-0.25, -0.2) is 24.7 Å². The Balaban J connectivity index is 1.70. The number of H-pyrrole nitrogens is 1. The summed E-state index contributed by atoms with van der Waals surface area (Å²) in [5.74, 6) is 0.519. The first-order valence-corrected chi connectivity index (χ1v) is 12.2. The van der Waals surface area contributed by atoms with E-state index in [9.17, 15) is 9.59 Å². The van der Waals surface area contributed by atoms with E-state index in [4.69, 9.17) is 26.1 Å². The van der Waals surface area contributed by atoms with Gasteiger partial charge in [-0.05, 0) is 37.3 Å². The van der Waals surface area contributed by atoms with Crippen LogP contribution in [0.4, 0.5) is 0 Å². The van der Waals surface area contributed by atoms with Crippen LogP contribution in [0, 0.1) is 0 Å². The molecule has 0 saturated heterocycles. The molecule has 0 bridgehead atoms. The third-order valence-corrected chi connectivity index (χ3v) is 6.66. The lowest BCUT2D eigenvalue weighted by Crippen LogP contribution is -2.25. The second-order valence-electron chi connectivity index (χ2n) is 7.48. The van der Waals surface area contributed by atoms with Crippen molar-refractivity contribution in [2.45, 2.75) is 17.7 Å². The summed E-state index contributed by atoms with van der Waals surface area (Å²) in [4.78, 5) is 46.8. The number of hydrogen-bond acceptors (Lipinski definition) is 9. The first-order valence-electron chi connectivity index (χ1n) is 10.8. The molecule has 10 nitrogen and oxygen atoms in total. The Morgan fingerprint density at radius 3 is 2.86 bits per heavy atom. The van der Waals surface area contributed by atoms with Gasteiger partial charge in [0.15, 0.2) is 5.65 Å². The van der Waals surface area contributed by atoms with Crippen LogP contribution in [-0.4, -0.2) is 49.2 Å². The highest BCUT2D eigenvalue weighted by Crippen LogP contribution is 2.30. The molecule has 182 valence electrons. The highest BCUT2D eigenvalue weighted by atomic mass is 35.5. The molecular formula is C24H19ClN6O4S. The number of imidazole rings is 1. The maximum absolute atomic E-state index is 13.8. The molecule has 5 aromatic rings. The summed E-state index contributed by atoms with van der Waals surface area (Å²) in [7, 11) is 1.49. The smallest absolute Gasteiger partial charge is 0.338 e. The van der Waals surface area contributed by atoms with Gasteiger partial charge in [-0.15, -0.1) is 0 Å². The van der Waals surface area contributed by atoms with Crippen molar-refractivity contribution in [3.8, 4) is 11.4 Å². The fourth-order valence-corrected chi connectivity index (χ4v) is 4.89. The standard InChI is InChI=1S/C24H19ClN6O4S/c1-3-35-24(33)13-7-8-17(34-2)16(9-13)31-18(30-15-6-4-5-14(25)19(15)23(31)32)10-36-22-20-21(27-11-26-20)28-12-29-22/h4-9,11-12H,3,10H2,1-2H3,(H,26,27,28,29). The highest BCUT2D eigenvalue weighted by molar-refractivity contribution is 7.98. The molecule has 0 saturated carbocycles. The van der Waals surface area contributed by atoms with Crippen molar-refractivity contribution in [3.63, 3.8) is 0 Å². The molecule has 3 aromatic heterocycles. The number of carbonyl (C=O) groups is 1. The number of thioether (sulfide) groups is 1. The van der Waals surface area contributed by atoms with Gasteiger partial charge in [0.2, 0.25) is 0 Å². The van der Waals surface area contributed by atoms with Gasteiger partial charge in [0.25, 0.3) is 5.56 Å². The Hall–Kier alpha value is -3.96. The third kappa shape index (κ3) is 4.27. The van der Waals surface area contributed by atoms with Crippen LogP contribution in [0.3, 0.4) is 0 Å². The SMILES string of the molecule is CCOC(=O)c1ccc(OC)c(-n2c(CSc3ncnc4[nH]cnc34)nc3cccc(Cl)c3c2=O)c1. The van der Waals surface area contributed by atoms with Crippen molar-refractivity contribution >= 4 is 51.4 Å². The Morgan fingerprint density at radius 2 is 2.06 bits per heavy atom. The van der Waals surface area contributed by atoms with Crippen molar-refractivity contribution in [1.82, 2.24) is 29.5 Å². The van der Waals surface area contributed by atoms with E-state index in [0.717, 1.165) is 0 Å².